The van der Waals surface area contributed by atoms with Crippen LogP contribution >= 0.6 is 11.3 Å². The van der Waals surface area contributed by atoms with Crippen molar-refractivity contribution in [2.75, 3.05) is 7.11 Å². The first-order valence-electron chi connectivity index (χ1n) is 12.1. The van der Waals surface area contributed by atoms with E-state index in [1.807, 2.05) is 42.5 Å². The van der Waals surface area contributed by atoms with Crippen LogP contribution in [0.25, 0.3) is 21.0 Å². The van der Waals surface area contributed by atoms with Crippen LogP contribution in [0, 0.1) is 5.82 Å². The first kappa shape index (κ1) is 22.9. The number of aryl methyl sites for hydroxylation is 1. The SMILES string of the molecule is COc1ccc(Cn2cnc3sc4c(c3c2=O)CCC(NCc2ccccc2F)C4)c2ccccc12. The van der Waals surface area contributed by atoms with Gasteiger partial charge >= 0.3 is 0 Å². The molecule has 0 radical (unpaired) electrons. The van der Waals surface area contributed by atoms with Gasteiger partial charge in [-0.25, -0.2) is 9.37 Å². The normalized spacial score (nSPS) is 15.3. The molecule has 1 aliphatic rings. The second kappa shape index (κ2) is 9.48. The van der Waals surface area contributed by atoms with Crippen molar-refractivity contribution in [2.45, 2.75) is 38.4 Å². The number of ether oxygens (including phenoxy) is 1. The summed E-state index contributed by atoms with van der Waals surface area (Å²) in [5, 5.41) is 6.35. The minimum absolute atomic E-state index is 0.00941. The van der Waals surface area contributed by atoms with Crippen molar-refractivity contribution in [3.8, 4) is 5.75 Å². The summed E-state index contributed by atoms with van der Waals surface area (Å²) >= 11 is 1.61. The third-order valence-corrected chi connectivity index (χ3v) is 8.27. The van der Waals surface area contributed by atoms with Crippen molar-refractivity contribution in [1.29, 1.82) is 0 Å². The molecule has 5 aromatic rings. The van der Waals surface area contributed by atoms with Crippen molar-refractivity contribution < 1.29 is 9.13 Å². The zero-order valence-corrected chi connectivity index (χ0v) is 20.8. The zero-order valence-electron chi connectivity index (χ0n) is 20.0. The lowest BCUT2D eigenvalue weighted by atomic mass is 9.93. The lowest BCUT2D eigenvalue weighted by Crippen LogP contribution is -2.34. The van der Waals surface area contributed by atoms with E-state index in [4.69, 9.17) is 4.74 Å². The quantitative estimate of drug-likeness (QED) is 0.337. The summed E-state index contributed by atoms with van der Waals surface area (Å²) in [6, 6.07) is 19.2. The Morgan fingerprint density at radius 3 is 2.72 bits per heavy atom. The summed E-state index contributed by atoms with van der Waals surface area (Å²) in [5.74, 6) is 0.637. The maximum absolute atomic E-state index is 14.0. The van der Waals surface area contributed by atoms with E-state index >= 15 is 0 Å². The Hall–Kier alpha value is -3.55. The van der Waals surface area contributed by atoms with Crippen LogP contribution in [0.15, 0.2) is 71.8 Å². The predicted octanol–water partition coefficient (Wildman–Crippen LogP) is 5.45. The summed E-state index contributed by atoms with van der Waals surface area (Å²) in [6.07, 6.45) is 4.22. The van der Waals surface area contributed by atoms with Crippen LogP contribution < -0.4 is 15.6 Å². The summed E-state index contributed by atoms with van der Waals surface area (Å²) < 4.78 is 21.2. The van der Waals surface area contributed by atoms with Crippen molar-refractivity contribution in [3.05, 3.63) is 105 Å². The topological polar surface area (TPSA) is 56.2 Å². The molecule has 0 fully saturated rings. The van der Waals surface area contributed by atoms with Crippen LogP contribution in [0.3, 0.4) is 0 Å². The molecule has 0 spiro atoms. The molecule has 1 unspecified atom stereocenters. The highest BCUT2D eigenvalue weighted by atomic mass is 32.1. The first-order valence-corrected chi connectivity index (χ1v) is 12.9. The number of fused-ring (bicyclic) bond motifs is 4. The molecule has 2 aromatic heterocycles. The Kier molecular flexibility index (Phi) is 6.03. The first-order chi connectivity index (χ1) is 17.6. The average molecular weight is 500 g/mol. The maximum atomic E-state index is 14.0. The van der Waals surface area contributed by atoms with Crippen LogP contribution in [-0.2, 0) is 25.9 Å². The molecule has 0 bridgehead atoms. The van der Waals surface area contributed by atoms with Gasteiger partial charge in [0.15, 0.2) is 0 Å². The summed E-state index contributed by atoms with van der Waals surface area (Å²) in [5.41, 5.74) is 2.87. The number of hydrogen-bond acceptors (Lipinski definition) is 5. The Morgan fingerprint density at radius 1 is 1.08 bits per heavy atom. The van der Waals surface area contributed by atoms with Crippen LogP contribution in [0.1, 0.15) is 28.0 Å². The van der Waals surface area contributed by atoms with E-state index in [1.165, 1.54) is 10.9 Å². The van der Waals surface area contributed by atoms with E-state index in [1.54, 1.807) is 35.4 Å². The minimum Gasteiger partial charge on any atom is -0.496 e. The second-order valence-corrected chi connectivity index (χ2v) is 10.3. The number of halogens is 1. The van der Waals surface area contributed by atoms with E-state index in [9.17, 15) is 9.18 Å². The van der Waals surface area contributed by atoms with Crippen molar-refractivity contribution in [3.63, 3.8) is 0 Å². The second-order valence-electron chi connectivity index (χ2n) is 9.25. The average Bonchev–Trinajstić information content (AvgIpc) is 3.28. The lowest BCUT2D eigenvalue weighted by molar-refractivity contribution is 0.419. The molecular formula is C29H26FN3O2S. The highest BCUT2D eigenvalue weighted by Crippen LogP contribution is 2.34. The number of benzene rings is 3. The molecule has 0 saturated heterocycles. The maximum Gasteiger partial charge on any atom is 0.262 e. The lowest BCUT2D eigenvalue weighted by Gasteiger charge is -2.23. The molecule has 6 rings (SSSR count). The van der Waals surface area contributed by atoms with Crippen LogP contribution in [0.5, 0.6) is 5.75 Å². The van der Waals surface area contributed by atoms with Gasteiger partial charge in [-0.05, 0) is 47.9 Å². The molecular weight excluding hydrogens is 473 g/mol. The molecule has 1 N–H and O–H groups in total. The Morgan fingerprint density at radius 2 is 1.89 bits per heavy atom. The fourth-order valence-electron chi connectivity index (χ4n) is 5.22. The molecule has 182 valence electrons. The van der Waals surface area contributed by atoms with E-state index in [-0.39, 0.29) is 17.4 Å². The molecule has 2 heterocycles. The predicted molar refractivity (Wildman–Crippen MR) is 143 cm³/mol. The number of rotatable bonds is 6. The summed E-state index contributed by atoms with van der Waals surface area (Å²) in [7, 11) is 1.67. The molecule has 0 amide bonds. The number of nitrogens with one attached hydrogen (secondary N) is 1. The Labute approximate surface area is 212 Å². The van der Waals surface area contributed by atoms with E-state index < -0.39 is 0 Å². The van der Waals surface area contributed by atoms with Gasteiger partial charge in [0, 0.05) is 28.4 Å². The molecule has 5 nitrogen and oxygen atoms in total. The van der Waals surface area contributed by atoms with Gasteiger partial charge in [0.05, 0.1) is 25.4 Å². The van der Waals surface area contributed by atoms with Gasteiger partial charge in [-0.1, -0.05) is 48.5 Å². The number of aromatic nitrogens is 2. The van der Waals surface area contributed by atoms with Gasteiger partial charge < -0.3 is 10.1 Å². The van der Waals surface area contributed by atoms with Gasteiger partial charge in [0.2, 0.25) is 0 Å². The number of hydrogen-bond donors (Lipinski definition) is 1. The molecule has 1 atom stereocenters. The molecule has 3 aromatic carbocycles. The van der Waals surface area contributed by atoms with Gasteiger partial charge in [-0.3, -0.25) is 9.36 Å². The summed E-state index contributed by atoms with van der Waals surface area (Å²) in [4.78, 5) is 20.3. The molecule has 0 saturated carbocycles. The number of nitrogens with zero attached hydrogens (tertiary/aromatic N) is 2. The van der Waals surface area contributed by atoms with E-state index in [0.29, 0.717) is 18.7 Å². The smallest absolute Gasteiger partial charge is 0.262 e. The standard InChI is InChI=1S/C29H26FN3O2S/c1-35-25-13-10-19(21-7-3-4-8-22(21)25)16-33-17-32-28-27(29(33)34)23-12-11-20(14-26(23)36-28)31-15-18-6-2-5-9-24(18)30/h2-10,13,17,20,31H,11-12,14-16H2,1H3. The van der Waals surface area contributed by atoms with Crippen molar-refractivity contribution in [1.82, 2.24) is 14.9 Å². The molecule has 36 heavy (non-hydrogen) atoms. The highest BCUT2D eigenvalue weighted by molar-refractivity contribution is 7.18. The fourth-order valence-corrected chi connectivity index (χ4v) is 6.47. The highest BCUT2D eigenvalue weighted by Gasteiger charge is 2.25. The van der Waals surface area contributed by atoms with Gasteiger partial charge in [-0.15, -0.1) is 11.3 Å². The molecule has 0 aliphatic heterocycles. The Bertz CT molecular complexity index is 1640. The van der Waals surface area contributed by atoms with Crippen LogP contribution in [0.2, 0.25) is 0 Å². The van der Waals surface area contributed by atoms with E-state index in [2.05, 4.69) is 16.4 Å². The van der Waals surface area contributed by atoms with Crippen molar-refractivity contribution in [2.24, 2.45) is 0 Å². The van der Waals surface area contributed by atoms with Crippen molar-refractivity contribution >= 4 is 32.3 Å². The van der Waals surface area contributed by atoms with Gasteiger partial charge in [0.25, 0.3) is 5.56 Å². The molecule has 1 aliphatic carbocycles. The largest absolute Gasteiger partial charge is 0.496 e. The Balaban J connectivity index is 1.28. The molecule has 7 heteroatoms. The van der Waals surface area contributed by atoms with Crippen LogP contribution in [0.4, 0.5) is 4.39 Å². The van der Waals surface area contributed by atoms with E-state index in [0.717, 1.165) is 57.1 Å². The van der Waals surface area contributed by atoms with Gasteiger partial charge in [-0.2, -0.15) is 0 Å². The monoisotopic (exact) mass is 499 g/mol. The minimum atomic E-state index is -0.183. The van der Waals surface area contributed by atoms with Crippen LogP contribution in [-0.4, -0.2) is 22.7 Å². The van der Waals surface area contributed by atoms with Gasteiger partial charge in [0.1, 0.15) is 16.4 Å². The third-order valence-electron chi connectivity index (χ3n) is 7.11. The fraction of sp³-hybridized carbons (Fsp3) is 0.241. The summed E-state index contributed by atoms with van der Waals surface area (Å²) in [6.45, 7) is 0.947. The number of thiophene rings is 1. The third kappa shape index (κ3) is 4.08. The zero-order chi connectivity index (χ0) is 24.6. The number of methoxy groups -OCH3 is 1.